The van der Waals surface area contributed by atoms with Gasteiger partial charge in [0.2, 0.25) is 0 Å². The molecular weight excluding hydrogens is 253 g/mol. The van der Waals surface area contributed by atoms with Crippen LogP contribution >= 0.6 is 0 Å². The number of anilines is 1. The third kappa shape index (κ3) is 1.53. The maximum Gasteiger partial charge on any atom is 0.163 e. The molecule has 0 bridgehead atoms. The number of hydrogen-bond donors (Lipinski definition) is 0. The van der Waals surface area contributed by atoms with Gasteiger partial charge in [-0.15, -0.1) is 5.56 Å². The normalized spacial score (nSPS) is 25.5. The number of fused-ring (bicyclic) bond motifs is 1. The van der Waals surface area contributed by atoms with Gasteiger partial charge >= 0.3 is 0 Å². The molecule has 2 heterocycles. The van der Waals surface area contributed by atoms with E-state index in [-0.39, 0.29) is 38.5 Å². The van der Waals surface area contributed by atoms with Crippen molar-refractivity contribution in [2.45, 2.75) is 19.9 Å². The number of Topliss-reactive ketones (excluding diaryl/α,β-unsaturated/α-hetero) is 1. The average molecular weight is 266 g/mol. The Morgan fingerprint density at radius 1 is 1.71 bits per heavy atom. The van der Waals surface area contributed by atoms with E-state index in [1.807, 2.05) is 6.92 Å². The zero-order chi connectivity index (χ0) is 10.5. The average Bonchev–Trinajstić information content (AvgIpc) is 2.30. The summed E-state index contributed by atoms with van der Waals surface area (Å²) in [6, 6.07) is 0.446. The molecule has 3 nitrogen and oxygen atoms in total. The predicted molar refractivity (Wildman–Crippen MR) is 50.0 cm³/mol. The molecule has 1 aliphatic heterocycles. The van der Waals surface area contributed by atoms with Crippen LogP contribution in [0.4, 0.5) is 5.82 Å². The number of carbonyl (C=O) groups excluding carboxylic acids is 1. The van der Waals surface area contributed by atoms with Crippen LogP contribution in [-0.2, 0) is 32.7 Å². The summed E-state index contributed by atoms with van der Waals surface area (Å²) in [7, 11) is 1.71. The molecule has 14 heavy (non-hydrogen) atoms. The SMILES string of the molecule is [3H]C1(C)C(=O)c2c(C)c[c-]nc2N1C.[Y]. The molecule has 0 aromatic carbocycles. The first kappa shape index (κ1) is 10.2. The van der Waals surface area contributed by atoms with Crippen LogP contribution in [0, 0.1) is 13.1 Å². The van der Waals surface area contributed by atoms with Gasteiger partial charge in [-0.05, 0) is 19.5 Å². The second-order valence-corrected chi connectivity index (χ2v) is 3.24. The van der Waals surface area contributed by atoms with Gasteiger partial charge in [0.25, 0.3) is 0 Å². The van der Waals surface area contributed by atoms with Crippen LogP contribution in [0.5, 0.6) is 0 Å². The minimum atomic E-state index is -1.23. The number of rotatable bonds is 0. The minimum Gasteiger partial charge on any atom is -0.402 e. The molecule has 1 atom stereocenters. The monoisotopic (exact) mass is 266 g/mol. The van der Waals surface area contributed by atoms with Crippen LogP contribution in [-0.4, -0.2) is 23.8 Å². The Hall–Kier alpha value is -0.276. The van der Waals surface area contributed by atoms with E-state index in [2.05, 4.69) is 11.2 Å². The zero-order valence-electron chi connectivity index (χ0n) is 9.46. The molecule has 1 radical (unpaired) electrons. The summed E-state index contributed by atoms with van der Waals surface area (Å²) in [6.07, 6.45) is 2.72. The van der Waals surface area contributed by atoms with Crippen LogP contribution in [0.1, 0.15) is 24.2 Å². The summed E-state index contributed by atoms with van der Waals surface area (Å²) in [5, 5.41) is 0. The Kier molecular flexibility index (Phi) is 2.98. The number of carbonyl (C=O) groups is 1. The Labute approximate surface area is 110 Å². The summed E-state index contributed by atoms with van der Waals surface area (Å²) in [5.41, 5.74) is 1.39. The Bertz CT molecular complexity index is 420. The fourth-order valence-electron chi connectivity index (χ4n) is 1.51. The Balaban J connectivity index is 0.00000112. The van der Waals surface area contributed by atoms with E-state index in [0.717, 1.165) is 5.56 Å². The van der Waals surface area contributed by atoms with Gasteiger partial charge in [-0.3, -0.25) is 4.79 Å². The van der Waals surface area contributed by atoms with Gasteiger partial charge < -0.3 is 9.88 Å². The maximum atomic E-state index is 11.9. The van der Waals surface area contributed by atoms with Crippen LogP contribution in [0.25, 0.3) is 0 Å². The molecule has 0 saturated heterocycles. The van der Waals surface area contributed by atoms with Crippen molar-refractivity contribution in [1.82, 2.24) is 4.98 Å². The fraction of sp³-hybridized carbons (Fsp3) is 0.400. The quantitative estimate of drug-likeness (QED) is 0.662. The van der Waals surface area contributed by atoms with E-state index in [1.54, 1.807) is 24.9 Å². The molecule has 1 aromatic heterocycles. The van der Waals surface area contributed by atoms with E-state index < -0.39 is 6.02 Å². The second kappa shape index (κ2) is 4.07. The molecular formula is C10H11N2OY-. The van der Waals surface area contributed by atoms with Gasteiger partial charge in [0, 0.05) is 38.5 Å². The molecule has 2 rings (SSSR count). The van der Waals surface area contributed by atoms with E-state index in [1.165, 1.54) is 0 Å². The fourth-order valence-corrected chi connectivity index (χ4v) is 1.51. The van der Waals surface area contributed by atoms with E-state index in [9.17, 15) is 4.79 Å². The van der Waals surface area contributed by atoms with Gasteiger partial charge in [0.05, 0.1) is 7.39 Å². The van der Waals surface area contributed by atoms with Crippen molar-refractivity contribution in [2.24, 2.45) is 0 Å². The summed E-state index contributed by atoms with van der Waals surface area (Å²) in [4.78, 5) is 17.5. The first-order valence-electron chi connectivity index (χ1n) is 4.62. The molecule has 1 aliphatic rings. The number of ketones is 1. The number of pyridine rings is 1. The predicted octanol–water partition coefficient (Wildman–Crippen LogP) is 1.21. The smallest absolute Gasteiger partial charge is 0.163 e. The van der Waals surface area contributed by atoms with Crippen molar-refractivity contribution in [3.8, 4) is 0 Å². The third-order valence-electron chi connectivity index (χ3n) is 2.45. The summed E-state index contributed by atoms with van der Waals surface area (Å²) in [5.74, 6) is 0.376. The number of aryl methyl sites for hydroxylation is 1. The van der Waals surface area contributed by atoms with Crippen molar-refractivity contribution < 1.29 is 38.9 Å². The van der Waals surface area contributed by atoms with Gasteiger partial charge in [-0.2, -0.15) is 6.07 Å². The van der Waals surface area contributed by atoms with Crippen LogP contribution < -0.4 is 4.90 Å². The molecule has 1 aromatic rings. The molecule has 1 unspecified atom stereocenters. The first-order chi connectivity index (χ1) is 6.46. The van der Waals surface area contributed by atoms with E-state index in [0.29, 0.717) is 11.4 Å². The number of likely N-dealkylation sites (N-methyl/N-ethyl adjacent to an activating group) is 1. The minimum absolute atomic E-state index is 0. The van der Waals surface area contributed by atoms with Crippen molar-refractivity contribution in [3.63, 3.8) is 0 Å². The molecule has 0 saturated carbocycles. The standard InChI is InChI=1S/C10H11N2O.Y/c1-6-4-5-11-10-8(6)9(13)7(2)12(10)3;/h4,7H,1-3H3;/q-1;/i7T;. The summed E-state index contributed by atoms with van der Waals surface area (Å²) in [6.45, 7) is 3.42. The van der Waals surface area contributed by atoms with E-state index in [4.69, 9.17) is 1.37 Å². The molecule has 0 amide bonds. The molecule has 0 fully saturated rings. The molecule has 0 aliphatic carbocycles. The van der Waals surface area contributed by atoms with E-state index >= 15 is 0 Å². The van der Waals surface area contributed by atoms with Crippen molar-refractivity contribution >= 4 is 11.6 Å². The third-order valence-corrected chi connectivity index (χ3v) is 2.45. The topological polar surface area (TPSA) is 33.2 Å². The Morgan fingerprint density at radius 3 is 2.93 bits per heavy atom. The van der Waals surface area contributed by atoms with Gasteiger partial charge in [0.15, 0.2) is 5.78 Å². The first-order valence-corrected chi connectivity index (χ1v) is 4.12. The largest absolute Gasteiger partial charge is 0.402 e. The number of hydrogen-bond acceptors (Lipinski definition) is 3. The number of nitrogens with zero attached hydrogens (tertiary/aromatic N) is 2. The molecule has 71 valence electrons. The van der Waals surface area contributed by atoms with Crippen molar-refractivity contribution in [3.05, 3.63) is 23.4 Å². The van der Waals surface area contributed by atoms with Crippen molar-refractivity contribution in [1.29, 1.82) is 0 Å². The Morgan fingerprint density at radius 2 is 2.36 bits per heavy atom. The van der Waals surface area contributed by atoms with Crippen molar-refractivity contribution in [2.75, 3.05) is 11.9 Å². The molecule has 4 heteroatoms. The van der Waals surface area contributed by atoms with Gasteiger partial charge in [-0.1, -0.05) is 13.1 Å². The maximum absolute atomic E-state index is 11.9. The summed E-state index contributed by atoms with van der Waals surface area (Å²) >= 11 is 0. The zero-order valence-corrected chi connectivity index (χ0v) is 11.3. The van der Waals surface area contributed by atoms with Crippen LogP contribution in [0.15, 0.2) is 6.07 Å². The van der Waals surface area contributed by atoms with Gasteiger partial charge in [0.1, 0.15) is 0 Å². The second-order valence-electron chi connectivity index (χ2n) is 3.24. The van der Waals surface area contributed by atoms with Crippen LogP contribution in [0.2, 0.25) is 0 Å². The molecule has 0 spiro atoms. The molecule has 0 N–H and O–H groups in total. The van der Waals surface area contributed by atoms with Crippen LogP contribution in [0.3, 0.4) is 0 Å². The summed E-state index contributed by atoms with van der Waals surface area (Å²) < 4.78 is 7.90. The number of aromatic nitrogens is 1. The van der Waals surface area contributed by atoms with Gasteiger partial charge in [-0.25, -0.2) is 0 Å².